The Morgan fingerprint density at radius 2 is 2.14 bits per heavy atom. The molecule has 1 saturated heterocycles. The van der Waals surface area contributed by atoms with Gasteiger partial charge in [-0.05, 0) is 50.6 Å². The second-order valence-corrected chi connectivity index (χ2v) is 5.51. The van der Waals surface area contributed by atoms with Gasteiger partial charge in [-0.2, -0.15) is 13.2 Å². The summed E-state index contributed by atoms with van der Waals surface area (Å²) in [7, 11) is 1.82. The van der Waals surface area contributed by atoms with E-state index in [1.165, 1.54) is 0 Å². The third-order valence-electron chi connectivity index (χ3n) is 3.82. The number of amides is 1. The van der Waals surface area contributed by atoms with Gasteiger partial charge in [0, 0.05) is 18.7 Å². The van der Waals surface area contributed by atoms with Crippen molar-refractivity contribution in [3.63, 3.8) is 0 Å². The van der Waals surface area contributed by atoms with Crippen molar-refractivity contribution in [3.05, 3.63) is 35.1 Å². The van der Waals surface area contributed by atoms with Gasteiger partial charge >= 0.3 is 6.18 Å². The third kappa shape index (κ3) is 3.76. The molecule has 1 unspecified atom stereocenters. The zero-order valence-electron chi connectivity index (χ0n) is 12.2. The maximum atomic E-state index is 13.3. The summed E-state index contributed by atoms with van der Waals surface area (Å²) in [6.07, 6.45) is -3.02. The van der Waals surface area contributed by atoms with Gasteiger partial charge in [-0.15, -0.1) is 0 Å². The van der Waals surface area contributed by atoms with Crippen LogP contribution in [0.1, 0.15) is 28.8 Å². The van der Waals surface area contributed by atoms with Crippen molar-refractivity contribution in [2.45, 2.75) is 19.0 Å². The average molecular weight is 318 g/mol. The highest BCUT2D eigenvalue weighted by atomic mass is 19.4. The number of carbonyl (C=O) groups excluding carboxylic acids is 1. The molecule has 1 atom stereocenters. The molecule has 2 rings (SSSR count). The van der Waals surface area contributed by atoms with E-state index in [-0.39, 0.29) is 11.5 Å². The molecule has 1 aliphatic rings. The first-order valence-corrected chi connectivity index (χ1v) is 7.13. The molecule has 122 valence electrons. The van der Waals surface area contributed by atoms with Gasteiger partial charge in [0.05, 0.1) is 5.56 Å². The number of hydrogen-bond acceptors (Lipinski definition) is 2. The van der Waals surface area contributed by atoms with Gasteiger partial charge in [-0.3, -0.25) is 4.79 Å². The van der Waals surface area contributed by atoms with Crippen LogP contribution in [0.3, 0.4) is 0 Å². The molecule has 0 saturated carbocycles. The van der Waals surface area contributed by atoms with E-state index in [1.54, 1.807) is 4.90 Å². The number of benzene rings is 1. The highest BCUT2D eigenvalue weighted by Gasteiger charge is 2.35. The van der Waals surface area contributed by atoms with Crippen molar-refractivity contribution in [3.8, 4) is 0 Å². The van der Waals surface area contributed by atoms with E-state index in [0.29, 0.717) is 25.2 Å². The Morgan fingerprint density at radius 3 is 2.77 bits per heavy atom. The third-order valence-corrected chi connectivity index (χ3v) is 3.82. The predicted octanol–water partition coefficient (Wildman–Crippen LogP) is 2.92. The number of alkyl halides is 3. The molecule has 0 bridgehead atoms. The number of halogens is 4. The number of hydrogen-bond donors (Lipinski definition) is 1. The van der Waals surface area contributed by atoms with Gasteiger partial charge in [0.25, 0.3) is 5.91 Å². The molecule has 1 amide bonds. The number of nitrogens with one attached hydrogen (secondary N) is 1. The van der Waals surface area contributed by atoms with Crippen LogP contribution in [0, 0.1) is 11.7 Å². The van der Waals surface area contributed by atoms with E-state index in [2.05, 4.69) is 5.32 Å². The van der Waals surface area contributed by atoms with Crippen LogP contribution in [0.5, 0.6) is 0 Å². The van der Waals surface area contributed by atoms with E-state index in [1.807, 2.05) is 7.05 Å². The highest BCUT2D eigenvalue weighted by Crippen LogP contribution is 2.32. The lowest BCUT2D eigenvalue weighted by Crippen LogP contribution is -2.42. The van der Waals surface area contributed by atoms with Crippen LogP contribution in [0.2, 0.25) is 0 Å². The normalized spacial score (nSPS) is 19.3. The van der Waals surface area contributed by atoms with Crippen LogP contribution in [-0.2, 0) is 6.18 Å². The monoisotopic (exact) mass is 318 g/mol. The van der Waals surface area contributed by atoms with Crippen LogP contribution < -0.4 is 5.32 Å². The van der Waals surface area contributed by atoms with E-state index in [9.17, 15) is 22.4 Å². The van der Waals surface area contributed by atoms with Crippen LogP contribution in [0.25, 0.3) is 0 Å². The van der Waals surface area contributed by atoms with Crippen molar-refractivity contribution in [2.75, 3.05) is 26.7 Å². The molecule has 0 spiro atoms. The lowest BCUT2D eigenvalue weighted by molar-refractivity contribution is -0.140. The van der Waals surface area contributed by atoms with Crippen molar-refractivity contribution in [1.29, 1.82) is 0 Å². The molecule has 7 heteroatoms. The molecular weight excluding hydrogens is 300 g/mol. The van der Waals surface area contributed by atoms with Crippen molar-refractivity contribution >= 4 is 5.91 Å². The molecule has 1 N–H and O–H groups in total. The summed E-state index contributed by atoms with van der Waals surface area (Å²) in [6.45, 7) is 1.76. The van der Waals surface area contributed by atoms with Gasteiger partial charge in [-0.25, -0.2) is 4.39 Å². The van der Waals surface area contributed by atoms with Gasteiger partial charge in [0.2, 0.25) is 0 Å². The average Bonchev–Trinajstić information content (AvgIpc) is 2.46. The summed E-state index contributed by atoms with van der Waals surface area (Å²) in [5, 5.41) is 3.04. The fourth-order valence-corrected chi connectivity index (χ4v) is 2.76. The Kier molecular flexibility index (Phi) is 5.05. The molecule has 0 aliphatic carbocycles. The molecule has 3 nitrogen and oxygen atoms in total. The summed E-state index contributed by atoms with van der Waals surface area (Å²) in [4.78, 5) is 13.9. The summed E-state index contributed by atoms with van der Waals surface area (Å²) >= 11 is 0. The molecule has 1 heterocycles. The Hall–Kier alpha value is -1.63. The summed E-state index contributed by atoms with van der Waals surface area (Å²) in [6, 6.07) is 2.40. The maximum absolute atomic E-state index is 13.3. The van der Waals surface area contributed by atoms with Crippen LogP contribution in [0.15, 0.2) is 18.2 Å². The van der Waals surface area contributed by atoms with Crippen molar-refractivity contribution in [2.24, 2.45) is 5.92 Å². The lowest BCUT2D eigenvalue weighted by atomic mass is 9.97. The molecule has 1 fully saturated rings. The minimum Gasteiger partial charge on any atom is -0.338 e. The van der Waals surface area contributed by atoms with E-state index in [0.717, 1.165) is 25.5 Å². The standard InChI is InChI=1S/C15H18F4N2O/c1-20-8-10-3-2-6-21(9-10)14(22)11-4-5-13(16)12(7-11)15(17,18)19/h4-5,7,10,20H,2-3,6,8-9H2,1H3. The highest BCUT2D eigenvalue weighted by molar-refractivity contribution is 5.94. The van der Waals surface area contributed by atoms with E-state index < -0.39 is 23.5 Å². The fourth-order valence-electron chi connectivity index (χ4n) is 2.76. The first kappa shape index (κ1) is 16.7. The fraction of sp³-hybridized carbons (Fsp3) is 0.533. The smallest absolute Gasteiger partial charge is 0.338 e. The minimum atomic E-state index is -4.81. The first-order valence-electron chi connectivity index (χ1n) is 7.13. The molecule has 22 heavy (non-hydrogen) atoms. The van der Waals surface area contributed by atoms with E-state index >= 15 is 0 Å². The Bertz CT molecular complexity index is 543. The summed E-state index contributed by atoms with van der Waals surface area (Å²) < 4.78 is 51.5. The van der Waals surface area contributed by atoms with Crippen LogP contribution >= 0.6 is 0 Å². The van der Waals surface area contributed by atoms with Gasteiger partial charge in [0.15, 0.2) is 0 Å². The quantitative estimate of drug-likeness (QED) is 0.869. The Morgan fingerprint density at radius 1 is 1.41 bits per heavy atom. The molecule has 1 aromatic carbocycles. The summed E-state index contributed by atoms with van der Waals surface area (Å²) in [5.41, 5.74) is -1.53. The van der Waals surface area contributed by atoms with Crippen molar-refractivity contribution in [1.82, 2.24) is 10.2 Å². The molecule has 0 aromatic heterocycles. The van der Waals surface area contributed by atoms with Gasteiger partial charge < -0.3 is 10.2 Å². The predicted molar refractivity (Wildman–Crippen MR) is 74.0 cm³/mol. The largest absolute Gasteiger partial charge is 0.419 e. The van der Waals surface area contributed by atoms with Crippen LogP contribution in [-0.4, -0.2) is 37.5 Å². The zero-order chi connectivity index (χ0) is 16.3. The number of rotatable bonds is 3. The molecule has 1 aliphatic heterocycles. The number of nitrogens with zero attached hydrogens (tertiary/aromatic N) is 1. The SMILES string of the molecule is CNCC1CCCN(C(=O)c2ccc(F)c(C(F)(F)F)c2)C1. The molecule has 0 radical (unpaired) electrons. The molecule has 1 aromatic rings. The Balaban J connectivity index is 2.19. The van der Waals surface area contributed by atoms with Gasteiger partial charge in [0.1, 0.15) is 5.82 Å². The summed E-state index contributed by atoms with van der Waals surface area (Å²) in [5.74, 6) is -1.56. The second kappa shape index (κ2) is 6.64. The van der Waals surface area contributed by atoms with E-state index in [4.69, 9.17) is 0 Å². The van der Waals surface area contributed by atoms with Gasteiger partial charge in [-0.1, -0.05) is 0 Å². The van der Waals surface area contributed by atoms with Crippen molar-refractivity contribution < 1.29 is 22.4 Å². The first-order chi connectivity index (χ1) is 10.3. The lowest BCUT2D eigenvalue weighted by Gasteiger charge is -2.33. The number of likely N-dealkylation sites (tertiary alicyclic amines) is 1. The number of carbonyl (C=O) groups is 1. The second-order valence-electron chi connectivity index (χ2n) is 5.51. The zero-order valence-corrected chi connectivity index (χ0v) is 12.2. The molecular formula is C15H18F4N2O. The van der Waals surface area contributed by atoms with Crippen LogP contribution in [0.4, 0.5) is 17.6 Å². The topological polar surface area (TPSA) is 32.3 Å². The Labute approximate surface area is 126 Å². The minimum absolute atomic E-state index is 0.126. The number of piperidine rings is 1. The maximum Gasteiger partial charge on any atom is 0.419 e.